The standard InChI is InChI=1S/C42H52N4Si/c1-31(2)43-41(37-25-17-11-18-26-37)45(33(5)6)47(46(34(7)8)42(44-32(3)4)38-27-19-12-20-28-38)39(35-21-13-9-14-22-35)29-30-40(47)36-23-15-10-16-24-36/h9-34,39-40H,1-8H3/t39-,40+,47?. The Kier molecular flexibility index (Phi) is 11.0. The van der Waals surface area contributed by atoms with Crippen molar-refractivity contribution in [3.63, 3.8) is 0 Å². The van der Waals surface area contributed by atoms with Crippen LogP contribution in [0.25, 0.3) is 0 Å². The van der Waals surface area contributed by atoms with Crippen LogP contribution in [0.15, 0.2) is 143 Å². The molecular formula is C42H52N4Si. The first-order chi connectivity index (χ1) is 22.7. The van der Waals surface area contributed by atoms with Crippen LogP contribution in [0.3, 0.4) is 0 Å². The molecule has 0 aromatic heterocycles. The number of rotatable bonds is 10. The summed E-state index contributed by atoms with van der Waals surface area (Å²) < 4.78 is 5.58. The summed E-state index contributed by atoms with van der Waals surface area (Å²) >= 11 is 0. The SMILES string of the molecule is CC(C)N=C(c1ccccc1)N(C(C)C)[Si]1(N(C(=NC(C)C)c2ccccc2)C(C)C)[C@@H](c2ccccc2)C=C[C@H]1c1ccccc1. The second-order valence-corrected chi connectivity index (χ2v) is 17.5. The first-order valence-corrected chi connectivity index (χ1v) is 19.3. The highest BCUT2D eigenvalue weighted by Gasteiger charge is 2.63. The molecule has 0 aliphatic carbocycles. The predicted molar refractivity (Wildman–Crippen MR) is 203 cm³/mol. The maximum Gasteiger partial charge on any atom is 0.290 e. The number of allylic oxidation sites excluding steroid dienone is 2. The number of hydrogen-bond donors (Lipinski definition) is 0. The molecule has 0 radical (unpaired) electrons. The highest BCUT2D eigenvalue weighted by atomic mass is 28.4. The van der Waals surface area contributed by atoms with E-state index < -0.39 is 8.40 Å². The lowest BCUT2D eigenvalue weighted by molar-refractivity contribution is 0.383. The van der Waals surface area contributed by atoms with Crippen molar-refractivity contribution in [2.75, 3.05) is 0 Å². The Balaban J connectivity index is 1.98. The molecule has 0 saturated heterocycles. The number of aliphatic imine (C=N–C) groups is 2. The Morgan fingerprint density at radius 2 is 0.766 bits per heavy atom. The van der Waals surface area contributed by atoms with E-state index in [1.165, 1.54) is 11.1 Å². The maximum atomic E-state index is 5.53. The number of hydrogen-bond acceptors (Lipinski definition) is 2. The molecule has 244 valence electrons. The van der Waals surface area contributed by atoms with E-state index in [1.54, 1.807) is 0 Å². The maximum absolute atomic E-state index is 5.53. The lowest BCUT2D eigenvalue weighted by Crippen LogP contribution is -2.76. The van der Waals surface area contributed by atoms with Gasteiger partial charge in [-0.05, 0) is 66.5 Å². The third kappa shape index (κ3) is 7.06. The molecule has 1 aliphatic rings. The number of amidine groups is 2. The Morgan fingerprint density at radius 1 is 0.468 bits per heavy atom. The second kappa shape index (κ2) is 15.1. The van der Waals surface area contributed by atoms with Crippen LogP contribution >= 0.6 is 0 Å². The molecule has 0 N–H and O–H groups in total. The van der Waals surface area contributed by atoms with Crippen LogP contribution in [0, 0.1) is 0 Å². The van der Waals surface area contributed by atoms with E-state index in [0.29, 0.717) is 0 Å². The second-order valence-electron chi connectivity index (χ2n) is 13.7. The molecule has 5 rings (SSSR count). The van der Waals surface area contributed by atoms with Crippen LogP contribution in [0.1, 0.15) is 88.7 Å². The van der Waals surface area contributed by atoms with Crippen LogP contribution in [0.4, 0.5) is 0 Å². The van der Waals surface area contributed by atoms with Crippen LogP contribution < -0.4 is 0 Å². The lowest BCUT2D eigenvalue weighted by atomic mass is 10.1. The number of nitrogens with zero attached hydrogens (tertiary/aromatic N) is 4. The van der Waals surface area contributed by atoms with Gasteiger partial charge in [-0.2, -0.15) is 0 Å². The highest BCUT2D eigenvalue weighted by Crippen LogP contribution is 2.51. The molecule has 47 heavy (non-hydrogen) atoms. The van der Waals surface area contributed by atoms with Gasteiger partial charge in [0, 0.05) is 46.4 Å². The van der Waals surface area contributed by atoms with Crippen LogP contribution in [0.5, 0.6) is 0 Å². The van der Waals surface area contributed by atoms with Crippen molar-refractivity contribution in [1.29, 1.82) is 0 Å². The molecule has 0 saturated carbocycles. The van der Waals surface area contributed by atoms with Crippen LogP contribution in [0.2, 0.25) is 0 Å². The van der Waals surface area contributed by atoms with Crippen LogP contribution in [-0.4, -0.2) is 53.4 Å². The first-order valence-electron chi connectivity index (χ1n) is 17.3. The summed E-state index contributed by atoms with van der Waals surface area (Å²) in [5.41, 5.74) is 5.22. The van der Waals surface area contributed by atoms with E-state index >= 15 is 0 Å². The minimum absolute atomic E-state index is 0.114. The Morgan fingerprint density at radius 3 is 1.04 bits per heavy atom. The molecule has 5 heteroatoms. The molecule has 2 atom stereocenters. The zero-order valence-electron chi connectivity index (χ0n) is 29.5. The molecule has 4 aromatic rings. The normalized spacial score (nSPS) is 20.1. The van der Waals surface area contributed by atoms with Crippen molar-refractivity contribution < 1.29 is 0 Å². The van der Waals surface area contributed by atoms with E-state index in [2.05, 4.69) is 198 Å². The van der Waals surface area contributed by atoms with Crippen molar-refractivity contribution in [2.45, 2.75) is 90.6 Å². The first kappa shape index (κ1) is 34.1. The summed E-state index contributed by atoms with van der Waals surface area (Å²) in [5.74, 6) is 2.13. The molecule has 4 aromatic carbocycles. The van der Waals surface area contributed by atoms with Gasteiger partial charge >= 0.3 is 0 Å². The number of benzene rings is 4. The average Bonchev–Trinajstić information content (AvgIpc) is 3.45. The van der Waals surface area contributed by atoms with Gasteiger partial charge in [0.25, 0.3) is 8.40 Å². The van der Waals surface area contributed by atoms with Gasteiger partial charge in [0.05, 0.1) is 0 Å². The van der Waals surface area contributed by atoms with E-state index in [4.69, 9.17) is 9.98 Å². The Labute approximate surface area is 284 Å². The Hall–Kier alpha value is -4.22. The van der Waals surface area contributed by atoms with Crippen molar-refractivity contribution >= 4 is 20.1 Å². The highest BCUT2D eigenvalue weighted by molar-refractivity contribution is 6.83. The molecular weight excluding hydrogens is 589 g/mol. The third-order valence-electron chi connectivity index (χ3n) is 8.81. The van der Waals surface area contributed by atoms with Gasteiger partial charge in [0.1, 0.15) is 11.7 Å². The van der Waals surface area contributed by atoms with Crippen molar-refractivity contribution in [2.24, 2.45) is 9.98 Å². The Bertz CT molecular complexity index is 1520. The van der Waals surface area contributed by atoms with Gasteiger partial charge in [-0.15, -0.1) is 0 Å². The zero-order chi connectivity index (χ0) is 33.6. The molecule has 1 aliphatic heterocycles. The smallest absolute Gasteiger partial charge is 0.290 e. The van der Waals surface area contributed by atoms with Crippen LogP contribution in [-0.2, 0) is 0 Å². The van der Waals surface area contributed by atoms with Gasteiger partial charge in [-0.25, -0.2) is 0 Å². The quantitative estimate of drug-likeness (QED) is 0.0748. The summed E-state index contributed by atoms with van der Waals surface area (Å²) in [7, 11) is -3.09. The molecule has 0 bridgehead atoms. The topological polar surface area (TPSA) is 31.2 Å². The molecule has 0 amide bonds. The molecule has 0 unspecified atom stereocenters. The third-order valence-corrected chi connectivity index (χ3v) is 14.7. The van der Waals surface area contributed by atoms with Gasteiger partial charge in [0.2, 0.25) is 0 Å². The molecule has 4 nitrogen and oxygen atoms in total. The fraction of sp³-hybridized carbons (Fsp3) is 0.333. The molecule has 0 spiro atoms. The summed E-state index contributed by atoms with van der Waals surface area (Å²) in [6, 6.07) is 44.6. The largest absolute Gasteiger partial charge is 0.362 e. The van der Waals surface area contributed by atoms with E-state index in [-0.39, 0.29) is 35.2 Å². The van der Waals surface area contributed by atoms with Crippen molar-refractivity contribution in [3.8, 4) is 0 Å². The summed E-state index contributed by atoms with van der Waals surface area (Å²) in [5, 5.41) is 0. The molecule has 0 fully saturated rings. The van der Waals surface area contributed by atoms with E-state index in [0.717, 1.165) is 22.8 Å². The van der Waals surface area contributed by atoms with Gasteiger partial charge in [-0.3, -0.25) is 9.98 Å². The fourth-order valence-corrected chi connectivity index (χ4v) is 14.0. The minimum Gasteiger partial charge on any atom is -0.362 e. The summed E-state index contributed by atoms with van der Waals surface area (Å²) in [6.45, 7) is 18.2. The summed E-state index contributed by atoms with van der Waals surface area (Å²) in [6.07, 6.45) is 5.03. The molecule has 1 heterocycles. The lowest BCUT2D eigenvalue weighted by Gasteiger charge is -2.58. The van der Waals surface area contributed by atoms with Gasteiger partial charge < -0.3 is 9.13 Å². The van der Waals surface area contributed by atoms with Gasteiger partial charge in [-0.1, -0.05) is 133 Å². The zero-order valence-corrected chi connectivity index (χ0v) is 30.5. The van der Waals surface area contributed by atoms with E-state index in [9.17, 15) is 0 Å². The summed E-state index contributed by atoms with van der Waals surface area (Å²) in [4.78, 5) is 11.1. The van der Waals surface area contributed by atoms with Gasteiger partial charge in [0.15, 0.2) is 0 Å². The average molecular weight is 641 g/mol. The predicted octanol–water partition coefficient (Wildman–Crippen LogP) is 9.78. The van der Waals surface area contributed by atoms with Crippen molar-refractivity contribution in [3.05, 3.63) is 156 Å². The van der Waals surface area contributed by atoms with E-state index in [1.807, 2.05) is 0 Å². The monoisotopic (exact) mass is 640 g/mol. The van der Waals surface area contributed by atoms with Crippen molar-refractivity contribution in [1.82, 2.24) is 9.13 Å². The fourth-order valence-electron chi connectivity index (χ4n) is 7.32. The minimum atomic E-state index is -3.09.